The molecule has 0 unspecified atom stereocenters. The lowest BCUT2D eigenvalue weighted by Crippen LogP contribution is -2.49. The van der Waals surface area contributed by atoms with Crippen LogP contribution in [0, 0.1) is 28.6 Å². The first-order valence-corrected chi connectivity index (χ1v) is 10.7. The maximum Gasteiger partial charge on any atom is 0.328 e. The van der Waals surface area contributed by atoms with E-state index in [0.717, 1.165) is 12.8 Å². The molecular weight excluding hydrogens is 352 g/mol. The highest BCUT2D eigenvalue weighted by Gasteiger charge is 2.52. The molecule has 4 nitrogen and oxygen atoms in total. The quantitative estimate of drug-likeness (QED) is 0.340. The van der Waals surface area contributed by atoms with Gasteiger partial charge in [-0.3, -0.25) is 4.79 Å². The SMILES string of the molecule is C=C1CC[C@@H]2C(C)(C)CCC[C@@]2(C)[C@@H]1CC/C(=C/C(=O)O)COC(=O)C(C)C. The Morgan fingerprint density at radius 3 is 2.57 bits per heavy atom. The van der Waals surface area contributed by atoms with Gasteiger partial charge in [-0.1, -0.05) is 53.2 Å². The number of hydrogen-bond donors (Lipinski definition) is 1. The molecule has 1 N–H and O–H groups in total. The van der Waals surface area contributed by atoms with Crippen LogP contribution in [0.3, 0.4) is 0 Å². The average molecular weight is 391 g/mol. The molecule has 0 saturated heterocycles. The van der Waals surface area contributed by atoms with Crippen molar-refractivity contribution in [2.24, 2.45) is 28.6 Å². The van der Waals surface area contributed by atoms with Gasteiger partial charge in [0.2, 0.25) is 0 Å². The zero-order valence-corrected chi connectivity index (χ0v) is 18.3. The Labute approximate surface area is 170 Å². The molecule has 0 aliphatic heterocycles. The molecular formula is C24H38O4. The lowest BCUT2D eigenvalue weighted by atomic mass is 9.47. The van der Waals surface area contributed by atoms with E-state index in [1.54, 1.807) is 13.8 Å². The van der Waals surface area contributed by atoms with Gasteiger partial charge in [-0.15, -0.1) is 0 Å². The van der Waals surface area contributed by atoms with Crippen molar-refractivity contribution in [1.29, 1.82) is 0 Å². The lowest BCUT2D eigenvalue weighted by Gasteiger charge is -2.58. The van der Waals surface area contributed by atoms with Crippen LogP contribution in [0.5, 0.6) is 0 Å². The summed E-state index contributed by atoms with van der Waals surface area (Å²) in [4.78, 5) is 23.0. The van der Waals surface area contributed by atoms with E-state index < -0.39 is 5.97 Å². The number of carbonyl (C=O) groups is 2. The van der Waals surface area contributed by atoms with Gasteiger partial charge in [-0.25, -0.2) is 4.79 Å². The van der Waals surface area contributed by atoms with Gasteiger partial charge in [-0.05, 0) is 66.8 Å². The molecule has 0 spiro atoms. The number of aliphatic carboxylic acids is 1. The van der Waals surface area contributed by atoms with E-state index in [1.165, 1.54) is 37.3 Å². The third kappa shape index (κ3) is 5.07. The predicted molar refractivity (Wildman–Crippen MR) is 112 cm³/mol. The van der Waals surface area contributed by atoms with Gasteiger partial charge in [-0.2, -0.15) is 0 Å². The number of carboxylic acid groups (broad SMARTS) is 1. The molecule has 0 aromatic carbocycles. The number of carboxylic acids is 1. The van der Waals surface area contributed by atoms with E-state index in [4.69, 9.17) is 4.74 Å². The summed E-state index contributed by atoms with van der Waals surface area (Å²) in [5, 5.41) is 9.22. The molecule has 0 bridgehead atoms. The minimum Gasteiger partial charge on any atom is -0.478 e. The second-order valence-electron chi connectivity index (χ2n) is 10.1. The summed E-state index contributed by atoms with van der Waals surface area (Å²) in [6, 6.07) is 0. The van der Waals surface area contributed by atoms with Crippen LogP contribution < -0.4 is 0 Å². The largest absolute Gasteiger partial charge is 0.478 e. The molecule has 2 saturated carbocycles. The Morgan fingerprint density at radius 1 is 1.29 bits per heavy atom. The van der Waals surface area contributed by atoms with Crippen LogP contribution in [0.15, 0.2) is 23.8 Å². The minimum atomic E-state index is -0.985. The first kappa shape index (κ1) is 22.7. The topological polar surface area (TPSA) is 63.6 Å². The van der Waals surface area contributed by atoms with Crippen LogP contribution in [-0.2, 0) is 14.3 Å². The molecule has 0 amide bonds. The first-order valence-electron chi connectivity index (χ1n) is 10.7. The second kappa shape index (κ2) is 8.84. The van der Waals surface area contributed by atoms with Gasteiger partial charge in [0.25, 0.3) is 0 Å². The zero-order chi connectivity index (χ0) is 21.1. The molecule has 158 valence electrons. The average Bonchev–Trinajstić information content (AvgIpc) is 2.56. The molecule has 0 aromatic heterocycles. The fourth-order valence-corrected chi connectivity index (χ4v) is 5.83. The molecule has 2 aliphatic carbocycles. The second-order valence-corrected chi connectivity index (χ2v) is 10.1. The monoisotopic (exact) mass is 390 g/mol. The number of hydrogen-bond acceptors (Lipinski definition) is 3. The van der Waals surface area contributed by atoms with Crippen molar-refractivity contribution in [3.8, 4) is 0 Å². The van der Waals surface area contributed by atoms with Gasteiger partial charge in [0.1, 0.15) is 6.61 Å². The van der Waals surface area contributed by atoms with Crippen molar-refractivity contribution in [2.45, 2.75) is 79.6 Å². The summed E-state index contributed by atoms with van der Waals surface area (Å²) in [6.07, 6.45) is 8.73. The summed E-state index contributed by atoms with van der Waals surface area (Å²) in [5.74, 6) is -0.424. The summed E-state index contributed by atoms with van der Waals surface area (Å²) < 4.78 is 5.31. The van der Waals surface area contributed by atoms with Crippen molar-refractivity contribution in [2.75, 3.05) is 6.61 Å². The summed E-state index contributed by atoms with van der Waals surface area (Å²) in [7, 11) is 0. The lowest BCUT2D eigenvalue weighted by molar-refractivity contribution is -0.146. The fraction of sp³-hybridized carbons (Fsp3) is 0.750. The van der Waals surface area contributed by atoms with E-state index in [2.05, 4.69) is 27.4 Å². The van der Waals surface area contributed by atoms with E-state index >= 15 is 0 Å². The van der Waals surface area contributed by atoms with Crippen molar-refractivity contribution in [3.63, 3.8) is 0 Å². The molecule has 0 radical (unpaired) electrons. The molecule has 4 heteroatoms. The van der Waals surface area contributed by atoms with Crippen LogP contribution in [0.25, 0.3) is 0 Å². The highest BCUT2D eigenvalue weighted by molar-refractivity contribution is 5.80. The smallest absolute Gasteiger partial charge is 0.328 e. The number of fused-ring (bicyclic) bond motifs is 1. The first-order chi connectivity index (χ1) is 13.0. The molecule has 0 heterocycles. The third-order valence-corrected chi connectivity index (χ3v) is 7.27. The van der Waals surface area contributed by atoms with Crippen LogP contribution in [0.4, 0.5) is 0 Å². The van der Waals surface area contributed by atoms with Crippen molar-refractivity contribution >= 4 is 11.9 Å². The van der Waals surface area contributed by atoms with Crippen LogP contribution >= 0.6 is 0 Å². The number of esters is 1. The van der Waals surface area contributed by atoms with Crippen molar-refractivity contribution in [1.82, 2.24) is 0 Å². The van der Waals surface area contributed by atoms with Gasteiger partial charge in [0, 0.05) is 6.08 Å². The van der Waals surface area contributed by atoms with Crippen LogP contribution in [0.1, 0.15) is 79.6 Å². The van der Waals surface area contributed by atoms with Gasteiger partial charge in [0.05, 0.1) is 5.92 Å². The number of rotatable bonds is 7. The summed E-state index contributed by atoms with van der Waals surface area (Å²) in [5.41, 5.74) is 2.55. The van der Waals surface area contributed by atoms with Crippen molar-refractivity contribution < 1.29 is 19.4 Å². The Hall–Kier alpha value is -1.58. The molecule has 28 heavy (non-hydrogen) atoms. The van der Waals surface area contributed by atoms with Gasteiger partial charge in [0.15, 0.2) is 0 Å². The molecule has 0 aromatic rings. The third-order valence-electron chi connectivity index (χ3n) is 7.27. The Balaban J connectivity index is 2.13. The standard InChI is InChI=1S/C24H38O4/c1-16(2)22(27)28-15-18(14-21(25)26)9-10-19-17(3)8-11-20-23(4,5)12-7-13-24(19,20)6/h14,16,19-20H,3,7-13,15H2,1-2,4-6H3,(H,25,26)/b18-14-/t19-,20-,24+/m1/s1. The van der Waals surface area contributed by atoms with Crippen LogP contribution in [0.2, 0.25) is 0 Å². The number of allylic oxidation sites excluding steroid dienone is 1. The highest BCUT2D eigenvalue weighted by Crippen LogP contribution is 2.61. The summed E-state index contributed by atoms with van der Waals surface area (Å²) in [6.45, 7) is 15.2. The normalized spacial score (nSPS) is 30.1. The fourth-order valence-electron chi connectivity index (χ4n) is 5.83. The van der Waals surface area contributed by atoms with Gasteiger partial charge >= 0.3 is 11.9 Å². The van der Waals surface area contributed by atoms with E-state index in [0.29, 0.717) is 29.2 Å². The Morgan fingerprint density at radius 2 is 1.96 bits per heavy atom. The van der Waals surface area contributed by atoms with Crippen molar-refractivity contribution in [3.05, 3.63) is 23.8 Å². The Bertz CT molecular complexity index is 643. The van der Waals surface area contributed by atoms with Crippen LogP contribution in [-0.4, -0.2) is 23.7 Å². The Kier molecular flexibility index (Phi) is 7.17. The molecule has 2 rings (SSSR count). The van der Waals surface area contributed by atoms with E-state index in [9.17, 15) is 14.7 Å². The molecule has 3 atom stereocenters. The maximum absolute atomic E-state index is 11.8. The molecule has 2 aliphatic rings. The minimum absolute atomic E-state index is 0.0636. The van der Waals surface area contributed by atoms with E-state index in [1.807, 2.05) is 0 Å². The number of carbonyl (C=O) groups excluding carboxylic acids is 1. The predicted octanol–water partition coefficient (Wildman–Crippen LogP) is 5.78. The number of ether oxygens (including phenoxy) is 1. The van der Waals surface area contributed by atoms with E-state index in [-0.39, 0.29) is 23.9 Å². The van der Waals surface area contributed by atoms with Gasteiger partial charge < -0.3 is 9.84 Å². The molecule has 2 fully saturated rings. The zero-order valence-electron chi connectivity index (χ0n) is 18.3. The maximum atomic E-state index is 11.8. The summed E-state index contributed by atoms with van der Waals surface area (Å²) >= 11 is 0. The highest BCUT2D eigenvalue weighted by atomic mass is 16.5.